The van der Waals surface area contributed by atoms with E-state index in [-0.39, 0.29) is 19.6 Å². The fourth-order valence-electron chi connectivity index (χ4n) is 10.9. The van der Waals surface area contributed by atoms with E-state index in [4.69, 9.17) is 9.47 Å². The molecular formula is C66H126O6. The van der Waals surface area contributed by atoms with Crippen LogP contribution in [0.3, 0.4) is 0 Å². The lowest BCUT2D eigenvalue weighted by Gasteiger charge is -2.27. The van der Waals surface area contributed by atoms with Gasteiger partial charge in [-0.15, -0.1) is 0 Å². The van der Waals surface area contributed by atoms with Crippen molar-refractivity contribution >= 4 is 11.9 Å². The minimum atomic E-state index is -1.12. The van der Waals surface area contributed by atoms with Crippen LogP contribution >= 0.6 is 0 Å². The van der Waals surface area contributed by atoms with Gasteiger partial charge >= 0.3 is 11.9 Å². The number of carbonyl (C=O) groups excluding carboxylic acids is 2. The van der Waals surface area contributed by atoms with Crippen molar-refractivity contribution in [2.45, 2.75) is 360 Å². The third-order valence-corrected chi connectivity index (χ3v) is 16.3. The smallest absolute Gasteiger partial charge is 0.309 e. The van der Waals surface area contributed by atoms with Crippen LogP contribution in [0.4, 0.5) is 0 Å². The maximum atomic E-state index is 12.5. The van der Waals surface area contributed by atoms with Gasteiger partial charge in [-0.25, -0.2) is 0 Å². The molecule has 0 radical (unpaired) electrons. The molecule has 0 aromatic rings. The Bertz CT molecular complexity index is 1130. The molecule has 0 amide bonds. The maximum absolute atomic E-state index is 12.5. The standard InChI is InChI=1S/C66H126O6/c1-2-3-4-5-6-7-8-9-10-11-12-13-14-15-16-17-18-19-20-21-22-23-24-25-26-27-28-29-30-31-32-33-34-35-36-37-38-39-40-41-42-43-44-45-46-47-48-49-50-51-52-53-54-55-56-57-63-58-64(69)71-61-66(59-67,60-68)62-72-65(63)70/h21-22,63,67-68H,2-20,23-62H2,1H3/b22-21+. The highest BCUT2D eigenvalue weighted by Crippen LogP contribution is 2.25. The molecule has 0 saturated carbocycles. The van der Waals surface area contributed by atoms with Gasteiger partial charge in [0.25, 0.3) is 0 Å². The molecule has 0 aromatic heterocycles. The zero-order chi connectivity index (χ0) is 51.8. The first-order chi connectivity index (χ1) is 35.6. The van der Waals surface area contributed by atoms with E-state index >= 15 is 0 Å². The summed E-state index contributed by atoms with van der Waals surface area (Å²) in [4.78, 5) is 24.7. The van der Waals surface area contributed by atoms with Crippen molar-refractivity contribution < 1.29 is 29.3 Å². The molecule has 1 heterocycles. The van der Waals surface area contributed by atoms with E-state index in [0.717, 1.165) is 19.3 Å². The summed E-state index contributed by atoms with van der Waals surface area (Å²) in [6, 6.07) is 0. The molecular weight excluding hydrogens is 889 g/mol. The molecule has 2 N–H and O–H groups in total. The van der Waals surface area contributed by atoms with Crippen LogP contribution in [0.1, 0.15) is 360 Å². The second-order valence-electron chi connectivity index (χ2n) is 23.5. The molecule has 1 aliphatic heterocycles. The predicted molar refractivity (Wildman–Crippen MR) is 311 cm³/mol. The third-order valence-electron chi connectivity index (χ3n) is 16.3. The van der Waals surface area contributed by atoms with Crippen molar-refractivity contribution in [1.82, 2.24) is 0 Å². The van der Waals surface area contributed by atoms with Crippen LogP contribution in [-0.2, 0) is 19.1 Å². The van der Waals surface area contributed by atoms with Gasteiger partial charge < -0.3 is 19.7 Å². The fourth-order valence-corrected chi connectivity index (χ4v) is 10.9. The number of allylic oxidation sites excluding steroid dienone is 2. The van der Waals surface area contributed by atoms with Crippen LogP contribution in [0.15, 0.2) is 12.2 Å². The van der Waals surface area contributed by atoms with Gasteiger partial charge in [0, 0.05) is 0 Å². The lowest BCUT2D eigenvalue weighted by Crippen LogP contribution is -2.40. The average Bonchev–Trinajstić information content (AvgIpc) is 3.45. The zero-order valence-corrected chi connectivity index (χ0v) is 48.5. The topological polar surface area (TPSA) is 93.1 Å². The molecule has 72 heavy (non-hydrogen) atoms. The van der Waals surface area contributed by atoms with Gasteiger partial charge in [0.05, 0.1) is 31.0 Å². The summed E-state index contributed by atoms with van der Waals surface area (Å²) in [5.74, 6) is -1.40. The van der Waals surface area contributed by atoms with Crippen molar-refractivity contribution in [1.29, 1.82) is 0 Å². The van der Waals surface area contributed by atoms with E-state index < -0.39 is 36.5 Å². The van der Waals surface area contributed by atoms with E-state index in [1.807, 2.05) is 0 Å². The zero-order valence-electron chi connectivity index (χ0n) is 48.5. The summed E-state index contributed by atoms with van der Waals surface area (Å²) >= 11 is 0. The van der Waals surface area contributed by atoms with Gasteiger partial charge in [-0.05, 0) is 32.1 Å². The number of unbranched alkanes of at least 4 members (excludes halogenated alkanes) is 51. The summed E-state index contributed by atoms with van der Waals surface area (Å²) in [6.07, 6.45) is 80.1. The van der Waals surface area contributed by atoms with Crippen molar-refractivity contribution in [2.24, 2.45) is 11.3 Å². The summed E-state index contributed by atoms with van der Waals surface area (Å²) in [6.45, 7) is 1.21. The molecule has 1 atom stereocenters. The fraction of sp³-hybridized carbons (Fsp3) is 0.939. The Hall–Kier alpha value is -1.40. The third kappa shape index (κ3) is 47.1. The highest BCUT2D eigenvalue weighted by Gasteiger charge is 2.36. The molecule has 6 heteroatoms. The SMILES string of the molecule is CCCCCCCCCCCCCCCCCCCC/C=C/CCCCCCCCCCCCCCCCCCCCCCCCCCCCCCCCCCCC1CC(=O)OCC(CO)(CO)COC1=O. The second kappa shape index (κ2) is 55.8. The number of ether oxygens (including phenoxy) is 2. The molecule has 1 unspecified atom stereocenters. The van der Waals surface area contributed by atoms with E-state index in [0.29, 0.717) is 6.42 Å². The molecule has 426 valence electrons. The van der Waals surface area contributed by atoms with Gasteiger partial charge in [0.2, 0.25) is 0 Å². The number of aliphatic hydroxyl groups is 2. The number of hydrogen-bond acceptors (Lipinski definition) is 6. The van der Waals surface area contributed by atoms with Gasteiger partial charge in [-0.1, -0.05) is 334 Å². The summed E-state index contributed by atoms with van der Waals surface area (Å²) in [5, 5.41) is 19.2. The van der Waals surface area contributed by atoms with Crippen LogP contribution in [0.25, 0.3) is 0 Å². The molecule has 0 spiro atoms. The van der Waals surface area contributed by atoms with Crippen molar-refractivity contribution in [3.63, 3.8) is 0 Å². The number of carbonyl (C=O) groups is 2. The Kier molecular flexibility index (Phi) is 53.2. The van der Waals surface area contributed by atoms with Crippen molar-refractivity contribution in [2.75, 3.05) is 26.4 Å². The Morgan fingerprint density at radius 2 is 0.597 bits per heavy atom. The Labute approximate surface area is 449 Å². The first kappa shape index (κ1) is 68.6. The number of aliphatic hydroxyl groups excluding tert-OH is 2. The predicted octanol–water partition coefficient (Wildman–Crippen LogP) is 20.7. The summed E-state index contributed by atoms with van der Waals surface area (Å²) < 4.78 is 10.6. The Balaban J connectivity index is 1.68. The largest absolute Gasteiger partial charge is 0.465 e. The lowest BCUT2D eigenvalue weighted by atomic mass is 9.92. The number of hydrogen-bond donors (Lipinski definition) is 2. The summed E-state index contributed by atoms with van der Waals surface area (Å²) in [7, 11) is 0. The molecule has 1 aliphatic rings. The van der Waals surface area contributed by atoms with E-state index in [2.05, 4.69) is 19.1 Å². The van der Waals surface area contributed by atoms with Crippen molar-refractivity contribution in [3.05, 3.63) is 12.2 Å². The van der Waals surface area contributed by atoms with E-state index in [1.54, 1.807) is 0 Å². The van der Waals surface area contributed by atoms with Crippen LogP contribution in [0, 0.1) is 11.3 Å². The molecule has 1 fully saturated rings. The monoisotopic (exact) mass is 1010 g/mol. The number of rotatable bonds is 57. The molecule has 1 saturated heterocycles. The van der Waals surface area contributed by atoms with Crippen LogP contribution < -0.4 is 0 Å². The van der Waals surface area contributed by atoms with Crippen LogP contribution in [-0.4, -0.2) is 48.6 Å². The highest BCUT2D eigenvalue weighted by atomic mass is 16.6. The van der Waals surface area contributed by atoms with Crippen LogP contribution in [0.2, 0.25) is 0 Å². The number of cyclic esters (lactones) is 2. The maximum Gasteiger partial charge on any atom is 0.309 e. The highest BCUT2D eigenvalue weighted by molar-refractivity contribution is 5.80. The average molecular weight is 1020 g/mol. The second-order valence-corrected chi connectivity index (χ2v) is 23.5. The Morgan fingerprint density at radius 1 is 0.361 bits per heavy atom. The quantitative estimate of drug-likeness (QED) is 0.0358. The van der Waals surface area contributed by atoms with E-state index in [9.17, 15) is 19.8 Å². The van der Waals surface area contributed by atoms with E-state index in [1.165, 1.54) is 321 Å². The van der Waals surface area contributed by atoms with Gasteiger partial charge in [-0.3, -0.25) is 9.59 Å². The molecule has 0 aromatic carbocycles. The molecule has 0 bridgehead atoms. The van der Waals surface area contributed by atoms with Gasteiger partial charge in [0.15, 0.2) is 0 Å². The normalized spacial score (nSPS) is 15.2. The Morgan fingerprint density at radius 3 is 0.861 bits per heavy atom. The first-order valence-corrected chi connectivity index (χ1v) is 32.8. The molecule has 6 nitrogen and oxygen atoms in total. The first-order valence-electron chi connectivity index (χ1n) is 32.8. The number of esters is 2. The van der Waals surface area contributed by atoms with Gasteiger partial charge in [-0.2, -0.15) is 0 Å². The minimum Gasteiger partial charge on any atom is -0.465 e. The molecule has 1 rings (SSSR count). The lowest BCUT2D eigenvalue weighted by molar-refractivity contribution is -0.155. The van der Waals surface area contributed by atoms with Crippen LogP contribution in [0.5, 0.6) is 0 Å². The van der Waals surface area contributed by atoms with Crippen molar-refractivity contribution in [3.8, 4) is 0 Å². The summed E-state index contributed by atoms with van der Waals surface area (Å²) in [5.41, 5.74) is -1.12. The molecule has 0 aliphatic carbocycles. The minimum absolute atomic E-state index is 0.00491. The van der Waals surface area contributed by atoms with Gasteiger partial charge in [0.1, 0.15) is 13.2 Å².